The second-order valence-corrected chi connectivity index (χ2v) is 6.89. The molecule has 0 spiro atoms. The van der Waals surface area contributed by atoms with Crippen LogP contribution in [0.4, 0.5) is 0 Å². The molecule has 3 nitrogen and oxygen atoms in total. The number of sulfonamides is 1. The van der Waals surface area contributed by atoms with E-state index in [-0.39, 0.29) is 0 Å². The van der Waals surface area contributed by atoms with Crippen LogP contribution in [0.25, 0.3) is 0 Å². The van der Waals surface area contributed by atoms with Gasteiger partial charge < -0.3 is 0 Å². The van der Waals surface area contributed by atoms with Gasteiger partial charge in [-0.15, -0.1) is 11.6 Å². The van der Waals surface area contributed by atoms with Crippen molar-refractivity contribution >= 4 is 21.6 Å². The molecule has 0 saturated carbocycles. The van der Waals surface area contributed by atoms with Crippen LogP contribution >= 0.6 is 11.6 Å². The Morgan fingerprint density at radius 2 is 1.74 bits per heavy atom. The molecule has 0 aromatic heterocycles. The summed E-state index contributed by atoms with van der Waals surface area (Å²) in [5.74, 6) is 0.675. The number of benzene rings is 1. The van der Waals surface area contributed by atoms with Gasteiger partial charge in [0.25, 0.3) is 0 Å². The van der Waals surface area contributed by atoms with E-state index in [4.69, 9.17) is 11.6 Å². The number of hydrogen-bond donors (Lipinski definition) is 1. The number of unbranched alkanes of at least 4 members (excludes halogenated alkanes) is 3. The van der Waals surface area contributed by atoms with Crippen LogP contribution in [0.5, 0.6) is 0 Å². The van der Waals surface area contributed by atoms with Crippen molar-refractivity contribution in [1.29, 1.82) is 0 Å². The maximum absolute atomic E-state index is 12.1. The molecule has 0 amide bonds. The fourth-order valence-corrected chi connectivity index (χ4v) is 3.09. The third kappa shape index (κ3) is 5.51. The van der Waals surface area contributed by atoms with Gasteiger partial charge in [0.15, 0.2) is 0 Å². The van der Waals surface area contributed by atoms with E-state index in [0.29, 0.717) is 17.3 Å². The van der Waals surface area contributed by atoms with Crippen LogP contribution in [0.1, 0.15) is 36.8 Å². The summed E-state index contributed by atoms with van der Waals surface area (Å²) in [4.78, 5) is 0.344. The molecule has 0 bridgehead atoms. The lowest BCUT2D eigenvalue weighted by molar-refractivity contribution is 0.573. The lowest BCUT2D eigenvalue weighted by atomic mass is 10.1. The molecule has 5 heteroatoms. The van der Waals surface area contributed by atoms with Gasteiger partial charge in [-0.05, 0) is 49.9 Å². The van der Waals surface area contributed by atoms with Gasteiger partial charge in [0.2, 0.25) is 10.0 Å². The zero-order valence-corrected chi connectivity index (χ0v) is 13.1. The third-order valence-electron chi connectivity index (χ3n) is 3.14. The minimum Gasteiger partial charge on any atom is -0.211 e. The number of halogens is 1. The predicted octanol–water partition coefficient (Wildman–Crippen LogP) is 3.38. The Bertz CT molecular complexity index is 500. The van der Waals surface area contributed by atoms with E-state index < -0.39 is 10.0 Å². The van der Waals surface area contributed by atoms with Crippen molar-refractivity contribution in [2.75, 3.05) is 12.4 Å². The van der Waals surface area contributed by atoms with Crippen LogP contribution in [0.2, 0.25) is 0 Å². The van der Waals surface area contributed by atoms with Crippen molar-refractivity contribution < 1.29 is 8.42 Å². The number of alkyl halides is 1. The van der Waals surface area contributed by atoms with Crippen LogP contribution in [-0.4, -0.2) is 20.8 Å². The van der Waals surface area contributed by atoms with Crippen LogP contribution < -0.4 is 4.72 Å². The maximum atomic E-state index is 12.1. The maximum Gasteiger partial charge on any atom is 0.240 e. The molecule has 0 aliphatic rings. The van der Waals surface area contributed by atoms with Crippen molar-refractivity contribution in [3.05, 3.63) is 29.3 Å². The molecule has 0 saturated heterocycles. The van der Waals surface area contributed by atoms with Gasteiger partial charge in [0.1, 0.15) is 0 Å². The smallest absolute Gasteiger partial charge is 0.211 e. The lowest BCUT2D eigenvalue weighted by Gasteiger charge is -2.08. The summed E-state index contributed by atoms with van der Waals surface area (Å²) in [7, 11) is -3.37. The third-order valence-corrected chi connectivity index (χ3v) is 4.87. The Morgan fingerprint density at radius 3 is 2.37 bits per heavy atom. The summed E-state index contributed by atoms with van der Waals surface area (Å²) < 4.78 is 26.7. The molecule has 0 aliphatic heterocycles. The van der Waals surface area contributed by atoms with Gasteiger partial charge in [0.05, 0.1) is 4.90 Å². The first-order chi connectivity index (χ1) is 8.97. The van der Waals surface area contributed by atoms with Gasteiger partial charge in [0, 0.05) is 12.4 Å². The monoisotopic (exact) mass is 303 g/mol. The molecule has 19 heavy (non-hydrogen) atoms. The minimum atomic E-state index is -3.37. The highest BCUT2D eigenvalue weighted by molar-refractivity contribution is 7.89. The fraction of sp³-hybridized carbons (Fsp3) is 0.571. The van der Waals surface area contributed by atoms with Gasteiger partial charge >= 0.3 is 0 Å². The number of nitrogens with one attached hydrogen (secondary N) is 1. The summed E-state index contributed by atoms with van der Waals surface area (Å²) in [6.45, 7) is 4.37. The molecule has 0 atom stereocenters. The van der Waals surface area contributed by atoms with Gasteiger partial charge in [-0.2, -0.15) is 0 Å². The molecule has 1 aromatic carbocycles. The molecular formula is C14H22ClNO2S. The first-order valence-corrected chi connectivity index (χ1v) is 8.62. The molecule has 1 rings (SSSR count). The van der Waals surface area contributed by atoms with E-state index >= 15 is 0 Å². The highest BCUT2D eigenvalue weighted by atomic mass is 35.5. The SMILES string of the molecule is Cc1ccc(S(=O)(=O)NCCCCCCCl)cc1C. The van der Waals surface area contributed by atoms with E-state index in [2.05, 4.69) is 4.72 Å². The predicted molar refractivity (Wildman–Crippen MR) is 80.3 cm³/mol. The standard InChI is InChI=1S/C14H22ClNO2S/c1-12-7-8-14(11-13(12)2)19(17,18)16-10-6-4-3-5-9-15/h7-8,11,16H,3-6,9-10H2,1-2H3. The Morgan fingerprint density at radius 1 is 1.05 bits per heavy atom. The van der Waals surface area contributed by atoms with Crippen LogP contribution in [0, 0.1) is 13.8 Å². The van der Waals surface area contributed by atoms with E-state index in [9.17, 15) is 8.42 Å². The zero-order valence-electron chi connectivity index (χ0n) is 11.6. The van der Waals surface area contributed by atoms with E-state index in [1.807, 2.05) is 19.9 Å². The summed E-state index contributed by atoms with van der Waals surface area (Å²) in [5, 5.41) is 0. The number of aryl methyl sites for hydroxylation is 2. The normalized spacial score (nSPS) is 11.7. The van der Waals surface area contributed by atoms with Crippen molar-refractivity contribution in [2.45, 2.75) is 44.4 Å². The minimum absolute atomic E-state index is 0.344. The van der Waals surface area contributed by atoms with Gasteiger partial charge in [-0.25, -0.2) is 13.1 Å². The van der Waals surface area contributed by atoms with Crippen LogP contribution in [0.15, 0.2) is 23.1 Å². The second-order valence-electron chi connectivity index (χ2n) is 4.75. The van der Waals surface area contributed by atoms with Crippen molar-refractivity contribution in [1.82, 2.24) is 4.72 Å². The molecule has 0 unspecified atom stereocenters. The Balaban J connectivity index is 2.49. The van der Waals surface area contributed by atoms with Crippen molar-refractivity contribution in [2.24, 2.45) is 0 Å². The summed E-state index contributed by atoms with van der Waals surface area (Å²) in [6.07, 6.45) is 3.89. The summed E-state index contributed by atoms with van der Waals surface area (Å²) >= 11 is 5.58. The zero-order chi connectivity index (χ0) is 14.3. The first kappa shape index (κ1) is 16.5. The molecule has 0 heterocycles. The quantitative estimate of drug-likeness (QED) is 0.591. The molecule has 0 fully saturated rings. The van der Waals surface area contributed by atoms with E-state index in [0.717, 1.165) is 36.8 Å². The second kappa shape index (κ2) is 7.88. The van der Waals surface area contributed by atoms with E-state index in [1.54, 1.807) is 12.1 Å². The molecule has 1 aromatic rings. The van der Waals surface area contributed by atoms with Gasteiger partial charge in [-0.1, -0.05) is 18.9 Å². The first-order valence-electron chi connectivity index (χ1n) is 6.60. The molecule has 108 valence electrons. The topological polar surface area (TPSA) is 46.2 Å². The Kier molecular flexibility index (Phi) is 6.83. The average Bonchev–Trinajstić information content (AvgIpc) is 2.36. The highest BCUT2D eigenvalue weighted by Gasteiger charge is 2.13. The summed E-state index contributed by atoms with van der Waals surface area (Å²) in [6, 6.07) is 5.20. The Labute approximate surface area is 121 Å². The fourth-order valence-electron chi connectivity index (χ4n) is 1.74. The number of hydrogen-bond acceptors (Lipinski definition) is 2. The molecule has 0 radical (unpaired) electrons. The Hall–Kier alpha value is -0.580. The highest BCUT2D eigenvalue weighted by Crippen LogP contribution is 2.14. The molecular weight excluding hydrogens is 282 g/mol. The van der Waals surface area contributed by atoms with Crippen molar-refractivity contribution in [3.63, 3.8) is 0 Å². The summed E-state index contributed by atoms with van der Waals surface area (Å²) in [5.41, 5.74) is 2.09. The van der Waals surface area contributed by atoms with Crippen molar-refractivity contribution in [3.8, 4) is 0 Å². The van der Waals surface area contributed by atoms with Gasteiger partial charge in [-0.3, -0.25) is 0 Å². The van der Waals surface area contributed by atoms with Crippen LogP contribution in [0.3, 0.4) is 0 Å². The largest absolute Gasteiger partial charge is 0.240 e. The van der Waals surface area contributed by atoms with Crippen LogP contribution in [-0.2, 0) is 10.0 Å². The molecule has 0 aliphatic carbocycles. The average molecular weight is 304 g/mol. The molecule has 1 N–H and O–H groups in total. The lowest BCUT2D eigenvalue weighted by Crippen LogP contribution is -2.24. The van der Waals surface area contributed by atoms with E-state index in [1.165, 1.54) is 0 Å². The number of rotatable bonds is 8.